The van der Waals surface area contributed by atoms with Gasteiger partial charge in [-0.3, -0.25) is 8.98 Å². The number of nitrogens with two attached hydrogens (primary N) is 1. The van der Waals surface area contributed by atoms with Crippen LogP contribution >= 0.6 is 11.3 Å². The molecule has 3 atom stereocenters. The molecule has 37 heavy (non-hydrogen) atoms. The number of aromatic nitrogens is 3. The normalized spacial score (nSPS) is 21.3. The summed E-state index contributed by atoms with van der Waals surface area (Å²) >= 11 is 1.44. The van der Waals surface area contributed by atoms with Gasteiger partial charge in [0.15, 0.2) is 0 Å². The maximum Gasteiger partial charge on any atom is 0.333 e. The van der Waals surface area contributed by atoms with Crippen molar-refractivity contribution in [3.05, 3.63) is 63.4 Å². The Kier molecular flexibility index (Phi) is 7.23. The van der Waals surface area contributed by atoms with Crippen LogP contribution in [0.3, 0.4) is 0 Å². The zero-order valence-corrected chi connectivity index (χ0v) is 21.8. The number of nitrogens with zero attached hydrogens (tertiary/aromatic N) is 4. The molecule has 4 heterocycles. The number of anilines is 2. The van der Waals surface area contributed by atoms with Gasteiger partial charge >= 0.3 is 10.3 Å². The highest BCUT2D eigenvalue weighted by molar-refractivity contribution is 7.84. The van der Waals surface area contributed by atoms with Crippen molar-refractivity contribution in [3.63, 3.8) is 0 Å². The molecular weight excluding hydrogens is 516 g/mol. The van der Waals surface area contributed by atoms with Gasteiger partial charge in [0.2, 0.25) is 5.78 Å². The van der Waals surface area contributed by atoms with Crippen LogP contribution in [-0.2, 0) is 27.5 Å². The van der Waals surface area contributed by atoms with Crippen LogP contribution in [0.4, 0.5) is 11.6 Å². The molecule has 11 nitrogen and oxygen atoms in total. The van der Waals surface area contributed by atoms with Gasteiger partial charge in [0.05, 0.1) is 23.2 Å². The maximum absolute atomic E-state index is 13.5. The summed E-state index contributed by atoms with van der Waals surface area (Å²) in [5.74, 6) is 0.769. The van der Waals surface area contributed by atoms with Crippen molar-refractivity contribution in [3.8, 4) is 0 Å². The molecule has 0 amide bonds. The quantitative estimate of drug-likeness (QED) is 0.339. The number of aryl methyl sites for hydroxylation is 1. The lowest BCUT2D eigenvalue weighted by molar-refractivity contribution is 0.101. The molecule has 2 aliphatic rings. The molecule has 3 aromatic rings. The Hall–Kier alpha value is -2.97. The molecule has 1 aliphatic heterocycles. The van der Waals surface area contributed by atoms with Crippen molar-refractivity contribution in [2.45, 2.75) is 44.9 Å². The van der Waals surface area contributed by atoms with E-state index in [0.717, 1.165) is 29.2 Å². The first-order valence-electron chi connectivity index (χ1n) is 11.9. The molecule has 5 rings (SSSR count). The Morgan fingerprint density at radius 3 is 3.00 bits per heavy atom. The minimum absolute atomic E-state index is 0.185. The Labute approximate surface area is 219 Å². The second-order valence-electron chi connectivity index (χ2n) is 9.38. The number of thiophene rings is 1. The van der Waals surface area contributed by atoms with E-state index in [1.54, 1.807) is 6.20 Å². The summed E-state index contributed by atoms with van der Waals surface area (Å²) < 4.78 is 26.9. The van der Waals surface area contributed by atoms with E-state index in [2.05, 4.69) is 35.4 Å². The second kappa shape index (κ2) is 10.4. The lowest BCUT2D eigenvalue weighted by atomic mass is 10.1. The van der Waals surface area contributed by atoms with Crippen LogP contribution in [0.25, 0.3) is 0 Å². The van der Waals surface area contributed by atoms with Crippen LogP contribution in [0.5, 0.6) is 0 Å². The van der Waals surface area contributed by atoms with Crippen molar-refractivity contribution in [2.75, 3.05) is 23.4 Å². The molecule has 0 spiro atoms. The summed E-state index contributed by atoms with van der Waals surface area (Å²) in [5, 5.41) is 18.5. The van der Waals surface area contributed by atoms with Gasteiger partial charge in [0, 0.05) is 42.3 Å². The number of fused-ring (bicyclic) bond motifs is 1. The van der Waals surface area contributed by atoms with Crippen molar-refractivity contribution in [1.82, 2.24) is 15.0 Å². The lowest BCUT2D eigenvalue weighted by Crippen LogP contribution is -2.24. The summed E-state index contributed by atoms with van der Waals surface area (Å²) in [6, 6.07) is 5.75. The molecule has 4 N–H and O–H groups in total. The highest BCUT2D eigenvalue weighted by Gasteiger charge is 2.35. The molecular formula is C24H28N6O5S2. The molecule has 1 aliphatic carbocycles. The van der Waals surface area contributed by atoms with Crippen LogP contribution in [0.1, 0.15) is 44.1 Å². The molecule has 1 fully saturated rings. The van der Waals surface area contributed by atoms with Crippen molar-refractivity contribution in [2.24, 2.45) is 11.1 Å². The monoisotopic (exact) mass is 544 g/mol. The van der Waals surface area contributed by atoms with Gasteiger partial charge < -0.3 is 15.3 Å². The van der Waals surface area contributed by atoms with Crippen molar-refractivity contribution < 1.29 is 22.5 Å². The largest absolute Gasteiger partial charge is 0.393 e. The van der Waals surface area contributed by atoms with E-state index in [9.17, 15) is 18.3 Å². The molecule has 0 aromatic carbocycles. The maximum atomic E-state index is 13.5. The van der Waals surface area contributed by atoms with Crippen LogP contribution in [0.15, 0.2) is 36.9 Å². The third-order valence-corrected chi connectivity index (χ3v) is 8.38. The summed E-state index contributed by atoms with van der Waals surface area (Å²) in [7, 11) is -4.09. The first kappa shape index (κ1) is 25.7. The van der Waals surface area contributed by atoms with Gasteiger partial charge in [-0.1, -0.05) is 6.07 Å². The molecule has 0 radical (unpaired) electrons. The summed E-state index contributed by atoms with van der Waals surface area (Å²) in [5.41, 5.74) is 2.65. The van der Waals surface area contributed by atoms with Gasteiger partial charge in [-0.15, -0.1) is 11.3 Å². The van der Waals surface area contributed by atoms with Gasteiger partial charge in [0.1, 0.15) is 18.0 Å². The summed E-state index contributed by atoms with van der Waals surface area (Å²) in [6.07, 6.45) is 5.61. The minimum Gasteiger partial charge on any atom is -0.393 e. The predicted octanol–water partition coefficient (Wildman–Crippen LogP) is 1.81. The van der Waals surface area contributed by atoms with E-state index < -0.39 is 22.3 Å². The fourth-order valence-electron chi connectivity index (χ4n) is 4.94. The van der Waals surface area contributed by atoms with Crippen LogP contribution in [-0.4, -0.2) is 59.6 Å². The Morgan fingerprint density at radius 1 is 1.35 bits per heavy atom. The van der Waals surface area contributed by atoms with E-state index in [1.165, 1.54) is 29.4 Å². The van der Waals surface area contributed by atoms with E-state index in [-0.39, 0.29) is 18.4 Å². The molecule has 1 saturated carbocycles. The first-order chi connectivity index (χ1) is 17.7. The number of carbonyl (C=O) groups excluding carboxylic acids is 1. The van der Waals surface area contributed by atoms with Crippen LogP contribution in [0, 0.1) is 12.8 Å². The fourth-order valence-corrected chi connectivity index (χ4v) is 6.29. The van der Waals surface area contributed by atoms with Gasteiger partial charge in [0.25, 0.3) is 0 Å². The number of hydrogen-bond acceptors (Lipinski definition) is 11. The van der Waals surface area contributed by atoms with Crippen LogP contribution < -0.4 is 15.4 Å². The second-order valence-corrected chi connectivity index (χ2v) is 11.9. The van der Waals surface area contributed by atoms with Gasteiger partial charge in [-0.25, -0.2) is 20.1 Å². The van der Waals surface area contributed by atoms with Crippen LogP contribution in [0.2, 0.25) is 0 Å². The molecule has 0 bridgehead atoms. The number of aliphatic hydroxyl groups is 1. The zero-order valence-electron chi connectivity index (χ0n) is 20.2. The average Bonchev–Trinajstić information content (AvgIpc) is 3.54. The Balaban J connectivity index is 1.29. The van der Waals surface area contributed by atoms with E-state index in [0.29, 0.717) is 35.6 Å². The smallest absolute Gasteiger partial charge is 0.333 e. The fraction of sp³-hybridized carbons (Fsp3) is 0.417. The SMILES string of the molecule is Cc1sc(C(=O)c2cncnc2N[C@@H]2C[C@H](COS(N)(=O)=O)[C@@H](O)C2)cc1CN1CCc2cccnc21. The minimum atomic E-state index is -4.09. The Morgan fingerprint density at radius 2 is 2.19 bits per heavy atom. The first-order valence-corrected chi connectivity index (χ1v) is 14.2. The van der Waals surface area contributed by atoms with Gasteiger partial charge in [-0.05, 0) is 49.4 Å². The average molecular weight is 545 g/mol. The molecule has 196 valence electrons. The number of rotatable bonds is 9. The number of ketones is 1. The standard InChI is InChI=1S/C24H28N6O5S2/c1-14-16(11-30-6-4-15-3-2-5-27-24(15)30)8-21(36-14)22(32)19-10-26-13-28-23(19)29-18-7-17(20(31)9-18)12-35-37(25,33)34/h2-3,5,8,10,13,17-18,20,31H,4,6-7,9,11-12H2,1H3,(H2,25,33,34)(H,26,28,29)/t17-,18-,20+/m1/s1. The molecule has 0 saturated heterocycles. The molecule has 3 aromatic heterocycles. The topological polar surface area (TPSA) is 161 Å². The van der Waals surface area contributed by atoms with Crippen molar-refractivity contribution in [1.29, 1.82) is 0 Å². The summed E-state index contributed by atoms with van der Waals surface area (Å²) in [4.78, 5) is 30.3. The predicted molar refractivity (Wildman–Crippen MR) is 139 cm³/mol. The van der Waals surface area contributed by atoms with Crippen molar-refractivity contribution >= 4 is 39.1 Å². The third kappa shape index (κ3) is 5.80. The number of carbonyl (C=O) groups is 1. The zero-order chi connectivity index (χ0) is 26.2. The van der Waals surface area contributed by atoms with E-state index in [1.807, 2.05) is 19.1 Å². The third-order valence-electron chi connectivity index (χ3n) is 6.83. The highest BCUT2D eigenvalue weighted by Crippen LogP contribution is 2.33. The highest BCUT2D eigenvalue weighted by atomic mass is 32.2. The number of nitrogens with one attached hydrogen (secondary N) is 1. The summed E-state index contributed by atoms with van der Waals surface area (Å²) in [6.45, 7) is 3.37. The lowest BCUT2D eigenvalue weighted by Gasteiger charge is -2.17. The molecule has 13 heteroatoms. The molecule has 0 unspecified atom stereocenters. The van der Waals surface area contributed by atoms with E-state index >= 15 is 0 Å². The van der Waals surface area contributed by atoms with Gasteiger partial charge in [-0.2, -0.15) is 8.42 Å². The number of aliphatic hydroxyl groups excluding tert-OH is 1. The van der Waals surface area contributed by atoms with E-state index in [4.69, 9.17) is 5.14 Å². The number of pyridine rings is 1. The number of hydrogen-bond donors (Lipinski definition) is 3. The Bertz CT molecular complexity index is 1410.